The molecule has 0 spiro atoms. The van der Waals surface area contributed by atoms with E-state index in [0.717, 1.165) is 23.6 Å². The van der Waals surface area contributed by atoms with Crippen molar-refractivity contribution in [3.63, 3.8) is 0 Å². The third-order valence-corrected chi connectivity index (χ3v) is 4.16. The van der Waals surface area contributed by atoms with Crippen LogP contribution in [0.1, 0.15) is 36.2 Å². The largest absolute Gasteiger partial charge is 0.339 e. The van der Waals surface area contributed by atoms with Gasteiger partial charge in [-0.15, -0.1) is 0 Å². The van der Waals surface area contributed by atoms with Gasteiger partial charge in [-0.25, -0.2) is 4.98 Å². The fourth-order valence-corrected chi connectivity index (χ4v) is 2.99. The number of hydrogen-bond donors (Lipinski definition) is 1. The summed E-state index contributed by atoms with van der Waals surface area (Å²) >= 11 is 0. The van der Waals surface area contributed by atoms with Gasteiger partial charge in [0.1, 0.15) is 11.5 Å². The summed E-state index contributed by atoms with van der Waals surface area (Å²) < 4.78 is 2.18. The van der Waals surface area contributed by atoms with Gasteiger partial charge in [0.25, 0.3) is 0 Å². The van der Waals surface area contributed by atoms with Gasteiger partial charge in [0, 0.05) is 11.9 Å². The molecule has 0 fully saturated rings. The normalized spacial score (nSPS) is 11.4. The summed E-state index contributed by atoms with van der Waals surface area (Å²) in [4.78, 5) is 4.85. The molecule has 2 aromatic heterocycles. The number of hydrogen-bond acceptors (Lipinski definition) is 2. The Morgan fingerprint density at radius 3 is 2.39 bits per heavy atom. The molecule has 1 N–H and O–H groups in total. The molecule has 2 heterocycles. The van der Waals surface area contributed by atoms with E-state index in [0.29, 0.717) is 5.92 Å². The molecule has 0 saturated carbocycles. The van der Waals surface area contributed by atoms with E-state index >= 15 is 0 Å². The van der Waals surface area contributed by atoms with Gasteiger partial charge in [0.2, 0.25) is 0 Å². The molecule has 0 radical (unpaired) electrons. The average molecular weight is 307 g/mol. The van der Waals surface area contributed by atoms with E-state index in [1.165, 1.54) is 22.4 Å². The Morgan fingerprint density at radius 2 is 1.74 bits per heavy atom. The second-order valence-corrected chi connectivity index (χ2v) is 6.83. The molecule has 0 atom stereocenters. The van der Waals surface area contributed by atoms with Crippen LogP contribution < -0.4 is 5.32 Å². The Labute approximate surface area is 138 Å². The number of pyridine rings is 1. The fraction of sp³-hybridized carbons (Fsp3) is 0.350. The van der Waals surface area contributed by atoms with Crippen molar-refractivity contribution >= 4 is 17.2 Å². The fourth-order valence-electron chi connectivity index (χ4n) is 2.99. The van der Waals surface area contributed by atoms with Gasteiger partial charge in [0.05, 0.1) is 5.69 Å². The van der Waals surface area contributed by atoms with Gasteiger partial charge in [0.15, 0.2) is 0 Å². The van der Waals surface area contributed by atoms with Crippen molar-refractivity contribution in [3.05, 3.63) is 58.9 Å². The number of imidazole rings is 1. The third-order valence-electron chi connectivity index (χ3n) is 4.16. The van der Waals surface area contributed by atoms with Gasteiger partial charge in [-0.05, 0) is 55.9 Å². The molecule has 1 aromatic carbocycles. The van der Waals surface area contributed by atoms with Crippen LogP contribution in [-0.2, 0) is 6.42 Å². The second kappa shape index (κ2) is 6.07. The Hall–Kier alpha value is -2.29. The van der Waals surface area contributed by atoms with Crippen molar-refractivity contribution in [1.82, 2.24) is 9.38 Å². The Balaban J connectivity index is 2.15. The van der Waals surface area contributed by atoms with Crippen molar-refractivity contribution < 1.29 is 0 Å². The van der Waals surface area contributed by atoms with Gasteiger partial charge >= 0.3 is 0 Å². The van der Waals surface area contributed by atoms with Crippen LogP contribution in [0, 0.1) is 26.7 Å². The van der Waals surface area contributed by atoms with Crippen LogP contribution in [0.5, 0.6) is 0 Å². The zero-order valence-corrected chi connectivity index (χ0v) is 14.6. The predicted molar refractivity (Wildman–Crippen MR) is 97.7 cm³/mol. The molecule has 120 valence electrons. The molecule has 0 saturated heterocycles. The maximum atomic E-state index is 4.85. The van der Waals surface area contributed by atoms with Gasteiger partial charge < -0.3 is 5.32 Å². The summed E-state index contributed by atoms with van der Waals surface area (Å²) in [6, 6.07) is 10.6. The average Bonchev–Trinajstić information content (AvgIpc) is 2.79. The minimum absolute atomic E-state index is 0.569. The molecule has 0 unspecified atom stereocenters. The number of para-hydroxylation sites is 1. The molecule has 0 aliphatic rings. The lowest BCUT2D eigenvalue weighted by Gasteiger charge is -2.14. The van der Waals surface area contributed by atoms with Crippen LogP contribution in [0.25, 0.3) is 5.65 Å². The monoisotopic (exact) mass is 307 g/mol. The first-order valence-electron chi connectivity index (χ1n) is 8.26. The number of nitrogens with one attached hydrogen (secondary N) is 1. The molecule has 3 heteroatoms. The van der Waals surface area contributed by atoms with E-state index < -0.39 is 0 Å². The molecule has 0 aliphatic carbocycles. The number of aryl methyl sites for hydroxylation is 3. The minimum Gasteiger partial charge on any atom is -0.339 e. The second-order valence-electron chi connectivity index (χ2n) is 6.83. The standard InChI is InChI=1S/C20H25N3/c1-13(2)11-17-20(22-19-15(4)7-6-8-16(19)5)23-12-14(3)9-10-18(23)21-17/h6-10,12-13,22H,11H2,1-5H3. The number of aromatic nitrogens is 2. The van der Waals surface area contributed by atoms with Crippen molar-refractivity contribution in [1.29, 1.82) is 0 Å². The Kier molecular flexibility index (Phi) is 4.12. The van der Waals surface area contributed by atoms with Crippen LogP contribution >= 0.6 is 0 Å². The molecule has 3 nitrogen and oxygen atoms in total. The van der Waals surface area contributed by atoms with Crippen molar-refractivity contribution in [3.8, 4) is 0 Å². The smallest absolute Gasteiger partial charge is 0.138 e. The first-order valence-corrected chi connectivity index (χ1v) is 8.26. The van der Waals surface area contributed by atoms with Crippen LogP contribution in [-0.4, -0.2) is 9.38 Å². The summed E-state index contributed by atoms with van der Waals surface area (Å²) in [6.45, 7) is 10.9. The third kappa shape index (κ3) is 3.09. The van der Waals surface area contributed by atoms with E-state index in [-0.39, 0.29) is 0 Å². The maximum absolute atomic E-state index is 4.85. The molecular weight excluding hydrogens is 282 g/mol. The lowest BCUT2D eigenvalue weighted by atomic mass is 10.1. The summed E-state index contributed by atoms with van der Waals surface area (Å²) in [5.41, 5.74) is 7.05. The van der Waals surface area contributed by atoms with Crippen molar-refractivity contribution in [2.45, 2.75) is 41.0 Å². The first kappa shape index (κ1) is 15.6. The molecule has 0 bridgehead atoms. The topological polar surface area (TPSA) is 29.3 Å². The van der Waals surface area contributed by atoms with E-state index in [1.807, 2.05) is 0 Å². The maximum Gasteiger partial charge on any atom is 0.138 e. The zero-order valence-electron chi connectivity index (χ0n) is 14.6. The van der Waals surface area contributed by atoms with E-state index in [4.69, 9.17) is 4.98 Å². The van der Waals surface area contributed by atoms with Crippen molar-refractivity contribution in [2.24, 2.45) is 5.92 Å². The van der Waals surface area contributed by atoms with E-state index in [1.54, 1.807) is 0 Å². The number of rotatable bonds is 4. The highest BCUT2D eigenvalue weighted by atomic mass is 15.1. The summed E-state index contributed by atoms with van der Waals surface area (Å²) in [6.07, 6.45) is 3.12. The Morgan fingerprint density at radius 1 is 1.04 bits per heavy atom. The minimum atomic E-state index is 0.569. The first-order chi connectivity index (χ1) is 11.0. The van der Waals surface area contributed by atoms with Crippen molar-refractivity contribution in [2.75, 3.05) is 5.32 Å². The SMILES string of the molecule is Cc1ccc2nc(CC(C)C)c(Nc3c(C)cccc3C)n2c1. The van der Waals surface area contributed by atoms with Crippen LogP contribution in [0.4, 0.5) is 11.5 Å². The number of nitrogens with zero attached hydrogens (tertiary/aromatic N) is 2. The summed E-state index contributed by atoms with van der Waals surface area (Å²) in [5.74, 6) is 1.66. The molecule has 3 aromatic rings. The van der Waals surface area contributed by atoms with Gasteiger partial charge in [-0.1, -0.05) is 38.1 Å². The molecule has 23 heavy (non-hydrogen) atoms. The number of anilines is 2. The van der Waals surface area contributed by atoms with Gasteiger partial charge in [-0.2, -0.15) is 0 Å². The Bertz CT molecular complexity index is 823. The highest BCUT2D eigenvalue weighted by molar-refractivity contribution is 5.69. The van der Waals surface area contributed by atoms with Crippen LogP contribution in [0.2, 0.25) is 0 Å². The lowest BCUT2D eigenvalue weighted by Crippen LogP contribution is -2.04. The van der Waals surface area contributed by atoms with Crippen LogP contribution in [0.3, 0.4) is 0 Å². The van der Waals surface area contributed by atoms with Gasteiger partial charge in [-0.3, -0.25) is 4.40 Å². The highest BCUT2D eigenvalue weighted by Gasteiger charge is 2.15. The molecule has 0 amide bonds. The lowest BCUT2D eigenvalue weighted by molar-refractivity contribution is 0.639. The highest BCUT2D eigenvalue weighted by Crippen LogP contribution is 2.29. The van der Waals surface area contributed by atoms with E-state index in [2.05, 4.69) is 80.9 Å². The summed E-state index contributed by atoms with van der Waals surface area (Å²) in [5, 5.41) is 3.67. The van der Waals surface area contributed by atoms with Crippen LogP contribution in [0.15, 0.2) is 36.5 Å². The number of fused-ring (bicyclic) bond motifs is 1. The molecular formula is C20H25N3. The predicted octanol–water partition coefficient (Wildman–Crippen LogP) is 5.20. The molecule has 0 aliphatic heterocycles. The number of benzene rings is 1. The summed E-state index contributed by atoms with van der Waals surface area (Å²) in [7, 11) is 0. The quantitative estimate of drug-likeness (QED) is 0.717. The molecule has 3 rings (SSSR count). The van der Waals surface area contributed by atoms with E-state index in [9.17, 15) is 0 Å². The zero-order chi connectivity index (χ0) is 16.6.